The van der Waals surface area contributed by atoms with Crippen molar-refractivity contribution in [2.45, 2.75) is 55.0 Å². The Morgan fingerprint density at radius 3 is 2.31 bits per heavy atom. The summed E-state index contributed by atoms with van der Waals surface area (Å²) in [7, 11) is 0. The van der Waals surface area contributed by atoms with Crippen molar-refractivity contribution in [3.63, 3.8) is 0 Å². The van der Waals surface area contributed by atoms with Gasteiger partial charge in [-0.3, -0.25) is 4.79 Å². The van der Waals surface area contributed by atoms with Gasteiger partial charge < -0.3 is 5.32 Å². The fourth-order valence-electron chi connectivity index (χ4n) is 3.69. The van der Waals surface area contributed by atoms with Crippen LogP contribution in [-0.4, -0.2) is 32.2 Å². The normalized spacial score (nSPS) is 16.1. The van der Waals surface area contributed by atoms with E-state index in [0.717, 1.165) is 24.1 Å². The average Bonchev–Trinajstić information content (AvgIpc) is 3.08. The molecule has 2 aromatic carbocycles. The first kappa shape index (κ1) is 19.6. The van der Waals surface area contributed by atoms with Crippen LogP contribution in [0, 0.1) is 0 Å². The Labute approximate surface area is 175 Å². The second kappa shape index (κ2) is 9.69. The molecule has 1 N–H and O–H groups in total. The SMILES string of the molecule is O=C(NC1CCCCCC1)[C@@H](Sc1nnnn1-c1ccccc1)c1ccccc1. The third-order valence-electron chi connectivity index (χ3n) is 5.21. The molecule has 7 heteroatoms. The molecule has 6 nitrogen and oxygen atoms in total. The molecular weight excluding hydrogens is 382 g/mol. The van der Waals surface area contributed by atoms with E-state index >= 15 is 0 Å². The maximum Gasteiger partial charge on any atom is 0.238 e. The van der Waals surface area contributed by atoms with E-state index in [1.807, 2.05) is 60.7 Å². The van der Waals surface area contributed by atoms with Crippen molar-refractivity contribution in [2.24, 2.45) is 0 Å². The molecule has 0 unspecified atom stereocenters. The van der Waals surface area contributed by atoms with Gasteiger partial charge in [0, 0.05) is 6.04 Å². The molecule has 150 valence electrons. The van der Waals surface area contributed by atoms with Crippen LogP contribution < -0.4 is 5.32 Å². The number of hydrogen-bond acceptors (Lipinski definition) is 5. The maximum absolute atomic E-state index is 13.3. The van der Waals surface area contributed by atoms with Crippen molar-refractivity contribution in [1.82, 2.24) is 25.5 Å². The van der Waals surface area contributed by atoms with Gasteiger partial charge in [0.2, 0.25) is 11.1 Å². The number of carbonyl (C=O) groups excluding carboxylic acids is 1. The van der Waals surface area contributed by atoms with E-state index in [-0.39, 0.29) is 11.9 Å². The van der Waals surface area contributed by atoms with E-state index in [1.165, 1.54) is 37.4 Å². The number of hydrogen-bond donors (Lipinski definition) is 1. The maximum atomic E-state index is 13.3. The first-order valence-corrected chi connectivity index (χ1v) is 11.0. The van der Waals surface area contributed by atoms with Gasteiger partial charge in [-0.15, -0.1) is 5.10 Å². The Hall–Kier alpha value is -2.67. The topological polar surface area (TPSA) is 72.7 Å². The summed E-state index contributed by atoms with van der Waals surface area (Å²) in [5, 5.41) is 15.6. The van der Waals surface area contributed by atoms with Crippen molar-refractivity contribution >= 4 is 17.7 Å². The number of tetrazole rings is 1. The standard InChI is InChI=1S/C22H25N5OS/c28-21(23-18-13-7-1-2-8-14-18)20(17-11-5-3-6-12-17)29-22-24-25-26-27(22)19-15-9-4-10-16-19/h3-6,9-12,15-16,18,20H,1-2,7-8,13-14H2,(H,23,28)/t20-/m0/s1. The molecule has 0 aliphatic heterocycles. The summed E-state index contributed by atoms with van der Waals surface area (Å²) in [6.07, 6.45) is 6.99. The smallest absolute Gasteiger partial charge is 0.238 e. The molecule has 1 saturated carbocycles. The predicted octanol–water partition coefficient (Wildman–Crippen LogP) is 4.33. The quantitative estimate of drug-likeness (QED) is 0.486. The van der Waals surface area contributed by atoms with Crippen LogP contribution in [0.5, 0.6) is 0 Å². The molecule has 29 heavy (non-hydrogen) atoms. The molecule has 1 heterocycles. The first-order valence-electron chi connectivity index (χ1n) is 10.2. The highest BCUT2D eigenvalue weighted by atomic mass is 32.2. The number of para-hydroxylation sites is 1. The van der Waals surface area contributed by atoms with Crippen molar-refractivity contribution in [3.05, 3.63) is 66.2 Å². The zero-order valence-corrected chi connectivity index (χ0v) is 17.1. The molecule has 0 bridgehead atoms. The van der Waals surface area contributed by atoms with Crippen LogP contribution in [0.25, 0.3) is 5.69 Å². The van der Waals surface area contributed by atoms with Crippen LogP contribution in [0.2, 0.25) is 0 Å². The summed E-state index contributed by atoms with van der Waals surface area (Å²) in [6, 6.07) is 19.8. The van der Waals surface area contributed by atoms with Crippen molar-refractivity contribution in [1.29, 1.82) is 0 Å². The fraction of sp³-hybridized carbons (Fsp3) is 0.364. The minimum atomic E-state index is -0.409. The lowest BCUT2D eigenvalue weighted by Crippen LogP contribution is -2.37. The monoisotopic (exact) mass is 407 g/mol. The lowest BCUT2D eigenvalue weighted by atomic mass is 10.1. The number of aromatic nitrogens is 4. The second-order valence-electron chi connectivity index (χ2n) is 7.31. The predicted molar refractivity (Wildman–Crippen MR) is 114 cm³/mol. The number of rotatable bonds is 6. The molecule has 1 aliphatic rings. The van der Waals surface area contributed by atoms with E-state index in [4.69, 9.17) is 0 Å². The number of thioether (sulfide) groups is 1. The van der Waals surface area contributed by atoms with Gasteiger partial charge in [0.15, 0.2) is 0 Å². The summed E-state index contributed by atoms with van der Waals surface area (Å²) < 4.78 is 1.68. The summed E-state index contributed by atoms with van der Waals surface area (Å²) in [5.74, 6) is 0.0238. The van der Waals surface area contributed by atoms with Crippen molar-refractivity contribution < 1.29 is 4.79 Å². The molecule has 0 saturated heterocycles. The molecule has 4 rings (SSSR count). The van der Waals surface area contributed by atoms with E-state index in [1.54, 1.807) is 4.68 Å². The molecule has 1 aromatic heterocycles. The molecular formula is C22H25N5OS. The van der Waals surface area contributed by atoms with Gasteiger partial charge in [0.05, 0.1) is 5.69 Å². The summed E-state index contributed by atoms with van der Waals surface area (Å²) in [6.45, 7) is 0. The lowest BCUT2D eigenvalue weighted by molar-refractivity contribution is -0.121. The van der Waals surface area contributed by atoms with E-state index in [0.29, 0.717) is 5.16 Å². The van der Waals surface area contributed by atoms with Gasteiger partial charge in [-0.05, 0) is 41.0 Å². The van der Waals surface area contributed by atoms with Crippen LogP contribution in [0.15, 0.2) is 65.8 Å². The molecule has 1 amide bonds. The van der Waals surface area contributed by atoms with E-state index in [2.05, 4.69) is 20.8 Å². The molecule has 1 aliphatic carbocycles. The molecule has 0 spiro atoms. The van der Waals surface area contributed by atoms with Crippen molar-refractivity contribution in [2.75, 3.05) is 0 Å². The highest BCUT2D eigenvalue weighted by molar-refractivity contribution is 8.00. The molecule has 1 fully saturated rings. The summed E-state index contributed by atoms with van der Waals surface area (Å²) in [5.41, 5.74) is 1.82. The Morgan fingerprint density at radius 2 is 1.62 bits per heavy atom. The highest BCUT2D eigenvalue weighted by Crippen LogP contribution is 2.35. The van der Waals surface area contributed by atoms with Crippen LogP contribution in [0.1, 0.15) is 49.3 Å². The van der Waals surface area contributed by atoms with Gasteiger partial charge in [-0.25, -0.2) is 0 Å². The van der Waals surface area contributed by atoms with Crippen LogP contribution >= 0.6 is 11.8 Å². The van der Waals surface area contributed by atoms with Gasteiger partial charge in [-0.1, -0.05) is 86.0 Å². The van der Waals surface area contributed by atoms with Crippen LogP contribution in [0.4, 0.5) is 0 Å². The van der Waals surface area contributed by atoms with Crippen molar-refractivity contribution in [3.8, 4) is 5.69 Å². The average molecular weight is 408 g/mol. The number of carbonyl (C=O) groups is 1. The zero-order chi connectivity index (χ0) is 19.9. The molecule has 3 aromatic rings. The first-order chi connectivity index (χ1) is 14.3. The van der Waals surface area contributed by atoms with Crippen LogP contribution in [0.3, 0.4) is 0 Å². The van der Waals surface area contributed by atoms with Gasteiger partial charge in [0.1, 0.15) is 5.25 Å². The van der Waals surface area contributed by atoms with Gasteiger partial charge >= 0.3 is 0 Å². The minimum absolute atomic E-state index is 0.0238. The molecule has 1 atom stereocenters. The van der Waals surface area contributed by atoms with Gasteiger partial charge in [0.25, 0.3) is 0 Å². The lowest BCUT2D eigenvalue weighted by Gasteiger charge is -2.21. The minimum Gasteiger partial charge on any atom is -0.352 e. The number of benzene rings is 2. The summed E-state index contributed by atoms with van der Waals surface area (Å²) in [4.78, 5) is 13.3. The highest BCUT2D eigenvalue weighted by Gasteiger charge is 2.27. The number of amides is 1. The zero-order valence-electron chi connectivity index (χ0n) is 16.3. The number of nitrogens with one attached hydrogen (secondary N) is 1. The second-order valence-corrected chi connectivity index (χ2v) is 8.39. The largest absolute Gasteiger partial charge is 0.352 e. The molecule has 0 radical (unpaired) electrons. The number of nitrogens with zero attached hydrogens (tertiary/aromatic N) is 4. The summed E-state index contributed by atoms with van der Waals surface area (Å²) >= 11 is 1.39. The Balaban J connectivity index is 1.57. The third-order valence-corrected chi connectivity index (χ3v) is 6.39. The third kappa shape index (κ3) is 5.03. The Morgan fingerprint density at radius 1 is 0.966 bits per heavy atom. The fourth-order valence-corrected chi connectivity index (χ4v) is 4.69. The van der Waals surface area contributed by atoms with Crippen LogP contribution in [-0.2, 0) is 4.79 Å². The Bertz CT molecular complexity index is 907. The van der Waals surface area contributed by atoms with E-state index in [9.17, 15) is 4.79 Å². The van der Waals surface area contributed by atoms with E-state index < -0.39 is 5.25 Å². The van der Waals surface area contributed by atoms with Gasteiger partial charge in [-0.2, -0.15) is 4.68 Å². The Kier molecular flexibility index (Phi) is 6.56.